The van der Waals surface area contributed by atoms with Crippen molar-refractivity contribution in [1.29, 1.82) is 0 Å². The van der Waals surface area contributed by atoms with Crippen LogP contribution in [0.25, 0.3) is 0 Å². The van der Waals surface area contributed by atoms with Gasteiger partial charge >= 0.3 is 0 Å². The molecule has 1 amide bonds. The van der Waals surface area contributed by atoms with Crippen molar-refractivity contribution in [2.45, 2.75) is 39.3 Å². The van der Waals surface area contributed by atoms with Crippen LogP contribution >= 0.6 is 0 Å². The molecule has 2 N–H and O–H groups in total. The number of nitrogens with zero attached hydrogens (tertiary/aromatic N) is 2. The smallest absolute Gasteiger partial charge is 0.221 e. The van der Waals surface area contributed by atoms with Crippen molar-refractivity contribution in [2.24, 2.45) is 0 Å². The third kappa shape index (κ3) is 5.57. The summed E-state index contributed by atoms with van der Waals surface area (Å²) in [6, 6.07) is 4.01. The Morgan fingerprint density at radius 1 is 1.40 bits per heavy atom. The molecular formula is C15H26N4O. The number of carbonyl (C=O) groups is 1. The molecule has 0 spiro atoms. The Balaban J connectivity index is 2.71. The van der Waals surface area contributed by atoms with Crippen LogP contribution in [-0.4, -0.2) is 37.1 Å². The summed E-state index contributed by atoms with van der Waals surface area (Å²) in [5.41, 5.74) is 1.20. The van der Waals surface area contributed by atoms with Gasteiger partial charge in [0.05, 0.1) is 0 Å². The fourth-order valence-electron chi connectivity index (χ4n) is 1.77. The first-order valence-electron chi connectivity index (χ1n) is 6.94. The molecule has 0 unspecified atom stereocenters. The number of carbonyl (C=O) groups excluding carboxylic acids is 1. The van der Waals surface area contributed by atoms with E-state index in [-0.39, 0.29) is 11.4 Å². The molecule has 0 bridgehead atoms. The van der Waals surface area contributed by atoms with E-state index in [2.05, 4.69) is 42.5 Å². The third-order valence-corrected chi connectivity index (χ3v) is 2.99. The van der Waals surface area contributed by atoms with Crippen LogP contribution in [0.2, 0.25) is 0 Å². The van der Waals surface area contributed by atoms with Gasteiger partial charge < -0.3 is 15.5 Å². The Hall–Kier alpha value is -1.62. The van der Waals surface area contributed by atoms with Crippen LogP contribution in [0.4, 0.5) is 5.82 Å². The molecule has 0 aliphatic heterocycles. The minimum atomic E-state index is 0.0437. The van der Waals surface area contributed by atoms with Crippen molar-refractivity contribution in [2.75, 3.05) is 25.5 Å². The first-order chi connectivity index (χ1) is 9.33. The molecule has 0 saturated carbocycles. The third-order valence-electron chi connectivity index (χ3n) is 2.99. The standard InChI is InChI=1S/C15H26N4O/c1-15(2,3)18-11-12-7-6-9-17-14(12)19(5)10-8-13(20)16-4/h6-7,9,18H,8,10-11H2,1-5H3,(H,16,20). The van der Waals surface area contributed by atoms with Crippen molar-refractivity contribution in [1.82, 2.24) is 15.6 Å². The quantitative estimate of drug-likeness (QED) is 0.829. The SMILES string of the molecule is CNC(=O)CCN(C)c1ncccc1CNC(C)(C)C. The van der Waals surface area contributed by atoms with Crippen LogP contribution in [0.15, 0.2) is 18.3 Å². The van der Waals surface area contributed by atoms with Gasteiger partial charge in [-0.1, -0.05) is 6.07 Å². The van der Waals surface area contributed by atoms with Crippen LogP contribution in [0.5, 0.6) is 0 Å². The maximum atomic E-state index is 11.3. The highest BCUT2D eigenvalue weighted by Gasteiger charge is 2.13. The molecule has 1 aromatic rings. The fraction of sp³-hybridized carbons (Fsp3) is 0.600. The summed E-state index contributed by atoms with van der Waals surface area (Å²) in [7, 11) is 3.62. The normalized spacial score (nSPS) is 11.2. The Kier molecular flexibility index (Phi) is 5.95. The van der Waals surface area contributed by atoms with Gasteiger partial charge in [0, 0.05) is 50.9 Å². The number of rotatable bonds is 6. The van der Waals surface area contributed by atoms with E-state index < -0.39 is 0 Å². The molecule has 5 heteroatoms. The molecule has 0 radical (unpaired) electrons. The van der Waals surface area contributed by atoms with Crippen LogP contribution in [0.1, 0.15) is 32.8 Å². The molecule has 1 rings (SSSR count). The van der Waals surface area contributed by atoms with Gasteiger partial charge in [0.25, 0.3) is 0 Å². The predicted octanol–water partition coefficient (Wildman–Crippen LogP) is 1.54. The number of hydrogen-bond acceptors (Lipinski definition) is 4. The maximum absolute atomic E-state index is 11.3. The second-order valence-electron chi connectivity index (χ2n) is 5.93. The first kappa shape index (κ1) is 16.4. The Morgan fingerprint density at radius 3 is 2.70 bits per heavy atom. The zero-order chi connectivity index (χ0) is 15.2. The number of nitrogens with one attached hydrogen (secondary N) is 2. The van der Waals surface area contributed by atoms with Crippen LogP contribution < -0.4 is 15.5 Å². The number of pyridine rings is 1. The number of aromatic nitrogens is 1. The van der Waals surface area contributed by atoms with Crippen molar-refractivity contribution in [3.05, 3.63) is 23.9 Å². The summed E-state index contributed by atoms with van der Waals surface area (Å²) in [5, 5.41) is 6.10. The maximum Gasteiger partial charge on any atom is 0.221 e. The van der Waals surface area contributed by atoms with E-state index >= 15 is 0 Å². The number of hydrogen-bond donors (Lipinski definition) is 2. The average Bonchev–Trinajstić information content (AvgIpc) is 2.41. The van der Waals surface area contributed by atoms with Gasteiger partial charge in [0.15, 0.2) is 0 Å². The van der Waals surface area contributed by atoms with Crippen molar-refractivity contribution >= 4 is 11.7 Å². The van der Waals surface area contributed by atoms with Gasteiger partial charge in [-0.25, -0.2) is 4.98 Å². The van der Waals surface area contributed by atoms with Crippen molar-refractivity contribution < 1.29 is 4.79 Å². The Bertz CT molecular complexity index is 440. The van der Waals surface area contributed by atoms with Crippen LogP contribution in [0, 0.1) is 0 Å². The van der Waals surface area contributed by atoms with Gasteiger partial charge in [0.1, 0.15) is 5.82 Å². The Labute approximate surface area is 121 Å². The van der Waals surface area contributed by atoms with Gasteiger partial charge in [-0.2, -0.15) is 0 Å². The number of anilines is 1. The van der Waals surface area contributed by atoms with Gasteiger partial charge in [0.2, 0.25) is 5.91 Å². The zero-order valence-electron chi connectivity index (χ0n) is 13.2. The van der Waals surface area contributed by atoms with Gasteiger partial charge in [-0.05, 0) is 26.8 Å². The molecule has 0 aliphatic carbocycles. The van der Waals surface area contributed by atoms with Crippen LogP contribution in [0.3, 0.4) is 0 Å². The average molecular weight is 278 g/mol. The molecule has 5 nitrogen and oxygen atoms in total. The van der Waals surface area contributed by atoms with Crippen molar-refractivity contribution in [3.8, 4) is 0 Å². The molecule has 0 atom stereocenters. The van der Waals surface area contributed by atoms with E-state index in [1.807, 2.05) is 18.0 Å². The fourth-order valence-corrected chi connectivity index (χ4v) is 1.77. The van der Waals surface area contributed by atoms with Gasteiger partial charge in [-0.15, -0.1) is 0 Å². The summed E-state index contributed by atoms with van der Waals surface area (Å²) in [5.74, 6) is 0.968. The number of amides is 1. The minimum absolute atomic E-state index is 0.0437. The Morgan fingerprint density at radius 2 is 2.10 bits per heavy atom. The lowest BCUT2D eigenvalue weighted by Gasteiger charge is -2.24. The molecule has 112 valence electrons. The molecule has 0 aliphatic rings. The van der Waals surface area contributed by atoms with E-state index in [1.54, 1.807) is 13.2 Å². The highest BCUT2D eigenvalue weighted by Crippen LogP contribution is 2.16. The molecule has 0 saturated heterocycles. The summed E-state index contributed by atoms with van der Waals surface area (Å²) in [6.07, 6.45) is 2.25. The second kappa shape index (κ2) is 7.24. The highest BCUT2D eigenvalue weighted by atomic mass is 16.1. The summed E-state index contributed by atoms with van der Waals surface area (Å²) >= 11 is 0. The van der Waals surface area contributed by atoms with Crippen molar-refractivity contribution in [3.63, 3.8) is 0 Å². The monoisotopic (exact) mass is 278 g/mol. The molecule has 1 heterocycles. The highest BCUT2D eigenvalue weighted by molar-refractivity contribution is 5.76. The lowest BCUT2D eigenvalue weighted by atomic mass is 10.1. The van der Waals surface area contributed by atoms with Gasteiger partial charge in [-0.3, -0.25) is 4.79 Å². The van der Waals surface area contributed by atoms with E-state index in [0.29, 0.717) is 13.0 Å². The lowest BCUT2D eigenvalue weighted by molar-refractivity contribution is -0.120. The van der Waals surface area contributed by atoms with E-state index in [9.17, 15) is 4.79 Å². The largest absolute Gasteiger partial charge is 0.359 e. The molecule has 0 fully saturated rings. The minimum Gasteiger partial charge on any atom is -0.359 e. The molecular weight excluding hydrogens is 252 g/mol. The second-order valence-corrected chi connectivity index (χ2v) is 5.93. The summed E-state index contributed by atoms with van der Waals surface area (Å²) in [6.45, 7) is 7.82. The topological polar surface area (TPSA) is 57.3 Å². The van der Waals surface area contributed by atoms with E-state index in [0.717, 1.165) is 17.9 Å². The molecule has 1 aromatic heterocycles. The lowest BCUT2D eigenvalue weighted by Crippen LogP contribution is -2.36. The first-order valence-corrected chi connectivity index (χ1v) is 6.94. The molecule has 0 aromatic carbocycles. The predicted molar refractivity (Wildman–Crippen MR) is 82.8 cm³/mol. The summed E-state index contributed by atoms with van der Waals surface area (Å²) in [4.78, 5) is 17.8. The van der Waals surface area contributed by atoms with Crippen LogP contribution in [-0.2, 0) is 11.3 Å². The zero-order valence-corrected chi connectivity index (χ0v) is 13.2. The summed E-state index contributed by atoms with van der Waals surface area (Å²) < 4.78 is 0. The van der Waals surface area contributed by atoms with E-state index in [4.69, 9.17) is 0 Å². The molecule has 20 heavy (non-hydrogen) atoms. The van der Waals surface area contributed by atoms with E-state index in [1.165, 1.54) is 0 Å².